The van der Waals surface area contributed by atoms with E-state index in [1.54, 1.807) is 17.0 Å². The third-order valence-electron chi connectivity index (χ3n) is 4.77. The second-order valence-electron chi connectivity index (χ2n) is 6.70. The fourth-order valence-electron chi connectivity index (χ4n) is 3.32. The first-order valence-corrected chi connectivity index (χ1v) is 9.32. The maximum atomic E-state index is 13.1. The van der Waals surface area contributed by atoms with Crippen molar-refractivity contribution in [1.82, 2.24) is 20.2 Å². The van der Waals surface area contributed by atoms with Crippen LogP contribution in [0.1, 0.15) is 27.7 Å². The molecule has 3 aromatic rings. The first-order valence-electron chi connectivity index (χ1n) is 9.32. The van der Waals surface area contributed by atoms with Gasteiger partial charge in [0.15, 0.2) is 0 Å². The number of aryl methyl sites for hydroxylation is 1. The standard InChI is InChI=1S/C22H20N4O3/c1-15-7-5-6-10-17(15)20-21(27)23-11-12-26(20)22(28)18-13-25-19(14-24-18)29-16-8-3-2-4-9-16/h2-10,13-14,20H,11-12H2,1H3,(H,23,27)/t20-/m0/s1. The van der Waals surface area contributed by atoms with Gasteiger partial charge < -0.3 is 15.0 Å². The zero-order chi connectivity index (χ0) is 20.2. The molecule has 7 heteroatoms. The molecule has 0 radical (unpaired) electrons. The summed E-state index contributed by atoms with van der Waals surface area (Å²) in [4.78, 5) is 35.7. The van der Waals surface area contributed by atoms with E-state index in [9.17, 15) is 9.59 Å². The van der Waals surface area contributed by atoms with Crippen molar-refractivity contribution in [2.75, 3.05) is 13.1 Å². The molecule has 0 bridgehead atoms. The lowest BCUT2D eigenvalue weighted by molar-refractivity contribution is -0.128. The molecule has 2 heterocycles. The molecule has 4 rings (SSSR count). The van der Waals surface area contributed by atoms with Crippen LogP contribution >= 0.6 is 0 Å². The summed E-state index contributed by atoms with van der Waals surface area (Å²) in [5.41, 5.74) is 1.92. The maximum absolute atomic E-state index is 13.1. The van der Waals surface area contributed by atoms with Crippen LogP contribution in [0.3, 0.4) is 0 Å². The quantitative estimate of drug-likeness (QED) is 0.743. The smallest absolute Gasteiger partial charge is 0.275 e. The molecule has 29 heavy (non-hydrogen) atoms. The van der Waals surface area contributed by atoms with Crippen LogP contribution < -0.4 is 10.1 Å². The van der Waals surface area contributed by atoms with Gasteiger partial charge in [0.1, 0.15) is 17.5 Å². The Bertz CT molecular complexity index is 1020. The van der Waals surface area contributed by atoms with Gasteiger partial charge in [0.05, 0.1) is 12.4 Å². The minimum Gasteiger partial charge on any atom is -0.438 e. The minimum absolute atomic E-state index is 0.165. The number of benzene rings is 2. The highest BCUT2D eigenvalue weighted by molar-refractivity contribution is 5.97. The van der Waals surface area contributed by atoms with Gasteiger partial charge in [-0.15, -0.1) is 0 Å². The lowest BCUT2D eigenvalue weighted by atomic mass is 9.97. The number of carbonyl (C=O) groups excluding carboxylic acids is 2. The molecule has 1 aliphatic rings. The van der Waals surface area contributed by atoms with Gasteiger partial charge in [-0.1, -0.05) is 42.5 Å². The summed E-state index contributed by atoms with van der Waals surface area (Å²) in [5.74, 6) is 0.385. The highest BCUT2D eigenvalue weighted by atomic mass is 16.5. The first kappa shape index (κ1) is 18.6. The van der Waals surface area contributed by atoms with Crippen molar-refractivity contribution in [3.05, 3.63) is 83.8 Å². The Labute approximate surface area is 168 Å². The van der Waals surface area contributed by atoms with E-state index in [0.29, 0.717) is 24.7 Å². The monoisotopic (exact) mass is 388 g/mol. The van der Waals surface area contributed by atoms with Gasteiger partial charge in [0.2, 0.25) is 11.8 Å². The largest absolute Gasteiger partial charge is 0.438 e. The van der Waals surface area contributed by atoms with Gasteiger partial charge in [0.25, 0.3) is 5.91 Å². The normalized spacial score (nSPS) is 16.2. The van der Waals surface area contributed by atoms with Crippen LogP contribution in [0, 0.1) is 6.92 Å². The first-order chi connectivity index (χ1) is 14.1. The van der Waals surface area contributed by atoms with Crippen LogP contribution in [0.15, 0.2) is 67.0 Å². The molecule has 7 nitrogen and oxygen atoms in total. The van der Waals surface area contributed by atoms with Crippen molar-refractivity contribution < 1.29 is 14.3 Å². The highest BCUT2D eigenvalue weighted by Gasteiger charge is 2.36. The predicted octanol–water partition coefficient (Wildman–Crippen LogP) is 2.89. The number of ether oxygens (including phenoxy) is 1. The van der Waals surface area contributed by atoms with Gasteiger partial charge in [-0.3, -0.25) is 9.59 Å². The van der Waals surface area contributed by atoms with E-state index in [-0.39, 0.29) is 17.5 Å². The van der Waals surface area contributed by atoms with E-state index >= 15 is 0 Å². The van der Waals surface area contributed by atoms with Crippen molar-refractivity contribution in [2.24, 2.45) is 0 Å². The Kier molecular flexibility index (Phi) is 5.20. The second kappa shape index (κ2) is 8.10. The molecule has 1 fully saturated rings. The number of nitrogens with one attached hydrogen (secondary N) is 1. The number of aromatic nitrogens is 2. The topological polar surface area (TPSA) is 84.4 Å². The number of rotatable bonds is 4. The van der Waals surface area contributed by atoms with Crippen molar-refractivity contribution in [2.45, 2.75) is 13.0 Å². The van der Waals surface area contributed by atoms with Crippen LogP contribution in [0.25, 0.3) is 0 Å². The molecule has 0 aliphatic carbocycles. The lowest BCUT2D eigenvalue weighted by Gasteiger charge is -2.35. The van der Waals surface area contributed by atoms with Crippen molar-refractivity contribution in [3.63, 3.8) is 0 Å². The van der Waals surface area contributed by atoms with E-state index in [1.165, 1.54) is 12.4 Å². The van der Waals surface area contributed by atoms with Crippen LogP contribution in [-0.4, -0.2) is 39.8 Å². The fraction of sp³-hybridized carbons (Fsp3) is 0.182. The van der Waals surface area contributed by atoms with E-state index < -0.39 is 6.04 Å². The van der Waals surface area contributed by atoms with Crippen LogP contribution in [0.5, 0.6) is 11.6 Å². The molecule has 1 N–H and O–H groups in total. The average molecular weight is 388 g/mol. The molecule has 1 saturated heterocycles. The molecular formula is C22H20N4O3. The molecular weight excluding hydrogens is 368 g/mol. The summed E-state index contributed by atoms with van der Waals surface area (Å²) >= 11 is 0. The van der Waals surface area contributed by atoms with Gasteiger partial charge in [-0.25, -0.2) is 9.97 Å². The Morgan fingerprint density at radius 1 is 1.07 bits per heavy atom. The van der Waals surface area contributed by atoms with Crippen LogP contribution in [0.4, 0.5) is 0 Å². The molecule has 2 aromatic carbocycles. The molecule has 1 atom stereocenters. The van der Waals surface area contributed by atoms with Crippen molar-refractivity contribution in [3.8, 4) is 11.6 Å². The summed E-state index contributed by atoms with van der Waals surface area (Å²) in [6, 6.07) is 16.1. The number of para-hydroxylation sites is 1. The number of piperazine rings is 1. The van der Waals surface area contributed by atoms with E-state index in [4.69, 9.17) is 4.74 Å². The van der Waals surface area contributed by atoms with Gasteiger partial charge >= 0.3 is 0 Å². The summed E-state index contributed by atoms with van der Waals surface area (Å²) in [7, 11) is 0. The van der Waals surface area contributed by atoms with Crippen LogP contribution in [-0.2, 0) is 4.79 Å². The Balaban J connectivity index is 1.57. The van der Waals surface area contributed by atoms with Crippen LogP contribution in [0.2, 0.25) is 0 Å². The predicted molar refractivity (Wildman–Crippen MR) is 107 cm³/mol. The number of nitrogens with zero attached hydrogens (tertiary/aromatic N) is 3. The van der Waals surface area contributed by atoms with E-state index in [0.717, 1.165) is 11.1 Å². The second-order valence-corrected chi connectivity index (χ2v) is 6.70. The number of hydrogen-bond donors (Lipinski definition) is 1. The molecule has 0 spiro atoms. The van der Waals surface area contributed by atoms with Gasteiger partial charge in [-0.2, -0.15) is 0 Å². The SMILES string of the molecule is Cc1ccccc1[C@H]1C(=O)NCCN1C(=O)c1cnc(Oc2ccccc2)cn1. The Morgan fingerprint density at radius 3 is 2.55 bits per heavy atom. The molecule has 146 valence electrons. The van der Waals surface area contributed by atoms with Crippen molar-refractivity contribution >= 4 is 11.8 Å². The minimum atomic E-state index is -0.695. The van der Waals surface area contributed by atoms with Crippen molar-refractivity contribution in [1.29, 1.82) is 0 Å². The number of hydrogen-bond acceptors (Lipinski definition) is 5. The zero-order valence-electron chi connectivity index (χ0n) is 15.9. The fourth-order valence-corrected chi connectivity index (χ4v) is 3.32. The maximum Gasteiger partial charge on any atom is 0.275 e. The third-order valence-corrected chi connectivity index (χ3v) is 4.77. The molecule has 2 amide bonds. The van der Waals surface area contributed by atoms with Gasteiger partial charge in [-0.05, 0) is 30.2 Å². The third kappa shape index (κ3) is 3.94. The Hall–Kier alpha value is -3.74. The molecule has 1 aromatic heterocycles. The molecule has 1 aliphatic heterocycles. The van der Waals surface area contributed by atoms with E-state index in [2.05, 4.69) is 15.3 Å². The summed E-state index contributed by atoms with van der Waals surface area (Å²) in [5, 5.41) is 2.84. The number of carbonyl (C=O) groups is 2. The summed E-state index contributed by atoms with van der Waals surface area (Å²) in [6.45, 7) is 2.72. The zero-order valence-corrected chi connectivity index (χ0v) is 15.9. The molecule has 0 saturated carbocycles. The summed E-state index contributed by atoms with van der Waals surface area (Å²) in [6.07, 6.45) is 2.79. The number of amides is 2. The molecule has 0 unspecified atom stereocenters. The average Bonchev–Trinajstić information content (AvgIpc) is 2.75. The van der Waals surface area contributed by atoms with E-state index in [1.807, 2.05) is 49.4 Å². The Morgan fingerprint density at radius 2 is 1.83 bits per heavy atom. The summed E-state index contributed by atoms with van der Waals surface area (Å²) < 4.78 is 5.62. The highest BCUT2D eigenvalue weighted by Crippen LogP contribution is 2.27. The van der Waals surface area contributed by atoms with Gasteiger partial charge in [0, 0.05) is 13.1 Å². The lowest BCUT2D eigenvalue weighted by Crippen LogP contribution is -2.52.